The molecule has 27 heavy (non-hydrogen) atoms. The first kappa shape index (κ1) is 19.9. The molecule has 3 rings (SSSR count). The molecule has 1 fully saturated rings. The van der Waals surface area contributed by atoms with E-state index in [1.165, 1.54) is 0 Å². The lowest BCUT2D eigenvalue weighted by Gasteiger charge is -2.38. The molecule has 148 valence electrons. The monoisotopic (exact) mass is 441 g/mol. The summed E-state index contributed by atoms with van der Waals surface area (Å²) in [5.41, 5.74) is -0.429. The number of carbonyl (C=O) groups excluding carboxylic acids is 2. The fourth-order valence-electron chi connectivity index (χ4n) is 3.09. The second kappa shape index (κ2) is 7.31. The summed E-state index contributed by atoms with van der Waals surface area (Å²) in [5.74, 6) is 0.146. The Morgan fingerprint density at radius 1 is 1.33 bits per heavy atom. The van der Waals surface area contributed by atoms with Crippen molar-refractivity contribution < 1.29 is 28.9 Å². The molecule has 0 aliphatic carbocycles. The first-order valence-corrected chi connectivity index (χ1v) is 9.69. The molecule has 0 spiro atoms. The summed E-state index contributed by atoms with van der Waals surface area (Å²) in [6, 6.07) is 3.42. The number of fused-ring (bicyclic) bond motifs is 1. The summed E-state index contributed by atoms with van der Waals surface area (Å²) in [5, 5.41) is 10.8. The van der Waals surface area contributed by atoms with Gasteiger partial charge in [-0.2, -0.15) is 0 Å². The summed E-state index contributed by atoms with van der Waals surface area (Å²) in [4.78, 5) is 25.5. The number of piperidine rings is 1. The Morgan fingerprint density at radius 3 is 2.63 bits per heavy atom. The Bertz CT molecular complexity index is 749. The van der Waals surface area contributed by atoms with E-state index in [2.05, 4.69) is 15.9 Å². The van der Waals surface area contributed by atoms with E-state index < -0.39 is 11.2 Å². The van der Waals surface area contributed by atoms with Gasteiger partial charge in [0.25, 0.3) is 0 Å². The molecule has 0 unspecified atom stereocenters. The van der Waals surface area contributed by atoms with E-state index >= 15 is 0 Å². The molecule has 2 aliphatic heterocycles. The second-order valence-electron chi connectivity index (χ2n) is 7.96. The van der Waals surface area contributed by atoms with E-state index in [0.717, 1.165) is 0 Å². The third-order valence-corrected chi connectivity index (χ3v) is 5.24. The van der Waals surface area contributed by atoms with Gasteiger partial charge in [-0.1, -0.05) is 0 Å². The quantitative estimate of drug-likeness (QED) is 0.724. The predicted octanol–water partition coefficient (Wildman–Crippen LogP) is 3.26. The molecule has 0 saturated carbocycles. The van der Waals surface area contributed by atoms with Gasteiger partial charge in [-0.3, -0.25) is 0 Å². The number of rotatable bonds is 3. The lowest BCUT2D eigenvalue weighted by molar-refractivity contribution is -0.0565. The van der Waals surface area contributed by atoms with Gasteiger partial charge >= 0.3 is 12.1 Å². The zero-order valence-electron chi connectivity index (χ0n) is 15.7. The van der Waals surface area contributed by atoms with Crippen molar-refractivity contribution in [1.29, 1.82) is 0 Å². The van der Waals surface area contributed by atoms with Crippen molar-refractivity contribution in [3.05, 3.63) is 27.7 Å². The van der Waals surface area contributed by atoms with Gasteiger partial charge in [0.1, 0.15) is 30.2 Å². The maximum atomic E-state index is 12.1. The average molecular weight is 442 g/mol. The topological polar surface area (TPSA) is 85.3 Å². The van der Waals surface area contributed by atoms with Gasteiger partial charge in [0.15, 0.2) is 0 Å². The highest BCUT2D eigenvalue weighted by Gasteiger charge is 2.37. The molecule has 1 aromatic rings. The number of benzene rings is 1. The van der Waals surface area contributed by atoms with Crippen molar-refractivity contribution in [2.24, 2.45) is 0 Å². The molecule has 7 nitrogen and oxygen atoms in total. The molecule has 0 atom stereocenters. The van der Waals surface area contributed by atoms with E-state index in [1.54, 1.807) is 17.0 Å². The maximum Gasteiger partial charge on any atom is 0.410 e. The number of halogens is 1. The SMILES string of the molecule is CC(C)(C)OC(=O)N1CCC(O)(COc2c(Br)ccc3c2COC3=O)CC1. The normalized spacial score (nSPS) is 18.7. The second-order valence-corrected chi connectivity index (χ2v) is 8.81. The third-order valence-electron chi connectivity index (χ3n) is 4.61. The third kappa shape index (κ3) is 4.55. The highest BCUT2D eigenvalue weighted by Crippen LogP contribution is 2.37. The zero-order chi connectivity index (χ0) is 19.8. The Kier molecular flexibility index (Phi) is 5.40. The molecule has 0 radical (unpaired) electrons. The van der Waals surface area contributed by atoms with Crippen LogP contribution in [0.3, 0.4) is 0 Å². The number of amides is 1. The largest absolute Gasteiger partial charge is 0.489 e. The molecular weight excluding hydrogens is 418 g/mol. The van der Waals surface area contributed by atoms with Crippen molar-refractivity contribution in [3.63, 3.8) is 0 Å². The number of hydrogen-bond donors (Lipinski definition) is 1. The molecule has 2 aliphatic rings. The minimum absolute atomic E-state index is 0.0679. The van der Waals surface area contributed by atoms with Crippen LogP contribution in [0.2, 0.25) is 0 Å². The smallest absolute Gasteiger partial charge is 0.410 e. The van der Waals surface area contributed by atoms with E-state index in [9.17, 15) is 14.7 Å². The molecule has 1 amide bonds. The van der Waals surface area contributed by atoms with Crippen LogP contribution in [0.1, 0.15) is 49.5 Å². The molecule has 8 heteroatoms. The number of likely N-dealkylation sites (tertiary alicyclic amines) is 1. The van der Waals surface area contributed by atoms with Crippen LogP contribution in [0.5, 0.6) is 5.75 Å². The summed E-state index contributed by atoms with van der Waals surface area (Å²) >= 11 is 3.43. The van der Waals surface area contributed by atoms with Crippen molar-refractivity contribution in [2.75, 3.05) is 19.7 Å². The van der Waals surface area contributed by atoms with Crippen LogP contribution in [-0.2, 0) is 16.1 Å². The van der Waals surface area contributed by atoms with Gasteiger partial charge in [-0.15, -0.1) is 0 Å². The predicted molar refractivity (Wildman–Crippen MR) is 101 cm³/mol. The standard InChI is InChI=1S/C19H24BrNO6/c1-18(2,3)27-17(23)21-8-6-19(24,7-9-21)11-26-15-13-10-25-16(22)12(13)4-5-14(15)20/h4-5,24H,6-11H2,1-3H3. The fraction of sp³-hybridized carbons (Fsp3) is 0.579. The number of aliphatic hydroxyl groups is 1. The van der Waals surface area contributed by atoms with Crippen molar-refractivity contribution in [2.45, 2.75) is 51.4 Å². The van der Waals surface area contributed by atoms with Crippen LogP contribution >= 0.6 is 15.9 Å². The summed E-state index contributed by atoms with van der Waals surface area (Å²) in [6.45, 7) is 6.48. The minimum atomic E-state index is -1.05. The first-order chi connectivity index (χ1) is 12.6. The molecular formula is C19H24BrNO6. The van der Waals surface area contributed by atoms with E-state index in [0.29, 0.717) is 47.3 Å². The zero-order valence-corrected chi connectivity index (χ0v) is 17.3. The van der Waals surface area contributed by atoms with Gasteiger partial charge in [0.2, 0.25) is 0 Å². The molecule has 1 N–H and O–H groups in total. The van der Waals surface area contributed by atoms with Crippen molar-refractivity contribution in [3.8, 4) is 5.75 Å². The lowest BCUT2D eigenvalue weighted by atomic mass is 9.92. The van der Waals surface area contributed by atoms with Gasteiger partial charge in [0, 0.05) is 18.7 Å². The minimum Gasteiger partial charge on any atom is -0.489 e. The molecule has 1 saturated heterocycles. The highest BCUT2D eigenvalue weighted by molar-refractivity contribution is 9.10. The van der Waals surface area contributed by atoms with E-state index in [-0.39, 0.29) is 25.3 Å². The van der Waals surface area contributed by atoms with Gasteiger partial charge in [0.05, 0.1) is 10.0 Å². The number of nitrogens with zero attached hydrogens (tertiary/aromatic N) is 1. The van der Waals surface area contributed by atoms with Crippen LogP contribution in [0.25, 0.3) is 0 Å². The van der Waals surface area contributed by atoms with E-state index in [4.69, 9.17) is 14.2 Å². The van der Waals surface area contributed by atoms with Crippen LogP contribution in [-0.4, -0.2) is 53.0 Å². The van der Waals surface area contributed by atoms with Crippen molar-refractivity contribution in [1.82, 2.24) is 4.90 Å². The van der Waals surface area contributed by atoms with Crippen LogP contribution < -0.4 is 4.74 Å². The number of ether oxygens (including phenoxy) is 3. The van der Waals surface area contributed by atoms with Crippen LogP contribution in [0.15, 0.2) is 16.6 Å². The summed E-state index contributed by atoms with van der Waals surface area (Å²) in [7, 11) is 0. The number of cyclic esters (lactones) is 1. The first-order valence-electron chi connectivity index (χ1n) is 8.90. The van der Waals surface area contributed by atoms with Crippen LogP contribution in [0, 0.1) is 0 Å². The maximum absolute atomic E-state index is 12.1. The Labute approximate surface area is 166 Å². The van der Waals surface area contributed by atoms with Gasteiger partial charge in [-0.05, 0) is 61.7 Å². The van der Waals surface area contributed by atoms with E-state index in [1.807, 2.05) is 20.8 Å². The summed E-state index contributed by atoms with van der Waals surface area (Å²) < 4.78 is 17.0. The molecule has 1 aromatic carbocycles. The highest BCUT2D eigenvalue weighted by atomic mass is 79.9. The Morgan fingerprint density at radius 2 is 2.00 bits per heavy atom. The number of carbonyl (C=O) groups is 2. The Balaban J connectivity index is 1.60. The number of hydrogen-bond acceptors (Lipinski definition) is 6. The summed E-state index contributed by atoms with van der Waals surface area (Å²) in [6.07, 6.45) is 0.396. The average Bonchev–Trinajstić information content (AvgIpc) is 2.94. The fourth-order valence-corrected chi connectivity index (χ4v) is 3.57. The van der Waals surface area contributed by atoms with Crippen LogP contribution in [0.4, 0.5) is 4.79 Å². The lowest BCUT2D eigenvalue weighted by Crippen LogP contribution is -2.50. The number of esters is 1. The van der Waals surface area contributed by atoms with Crippen molar-refractivity contribution >= 4 is 28.0 Å². The molecule has 0 bridgehead atoms. The molecule has 0 aromatic heterocycles. The Hall–Kier alpha value is -1.80. The van der Waals surface area contributed by atoms with Gasteiger partial charge < -0.3 is 24.2 Å². The molecule has 2 heterocycles. The van der Waals surface area contributed by atoms with Gasteiger partial charge in [-0.25, -0.2) is 9.59 Å².